The fourth-order valence-corrected chi connectivity index (χ4v) is 1.61. The molecule has 0 unspecified atom stereocenters. The third kappa shape index (κ3) is 2.13. The second-order valence-electron chi connectivity index (χ2n) is 3.64. The van der Waals surface area contributed by atoms with Gasteiger partial charge in [-0.2, -0.15) is 0 Å². The number of aromatic carboxylic acids is 2. The molecule has 0 fully saturated rings. The van der Waals surface area contributed by atoms with Gasteiger partial charge in [-0.3, -0.25) is 4.79 Å². The van der Waals surface area contributed by atoms with E-state index in [0.717, 1.165) is 18.2 Å². The summed E-state index contributed by atoms with van der Waals surface area (Å²) in [5.74, 6) is -3.20. The number of carboxylic acids is 2. The molecule has 1 heterocycles. The second kappa shape index (κ2) is 4.45. The van der Waals surface area contributed by atoms with Crippen LogP contribution in [0, 0.1) is 0 Å². The summed E-state index contributed by atoms with van der Waals surface area (Å²) in [5, 5.41) is 17.7. The average molecular weight is 264 g/mol. The molecule has 0 atom stereocenters. The van der Waals surface area contributed by atoms with Crippen LogP contribution in [0.15, 0.2) is 27.4 Å². The van der Waals surface area contributed by atoms with Gasteiger partial charge in [0.25, 0.3) is 0 Å². The number of methoxy groups -OCH3 is 1. The van der Waals surface area contributed by atoms with Crippen LogP contribution in [0.4, 0.5) is 0 Å². The maximum absolute atomic E-state index is 11.8. The fourth-order valence-electron chi connectivity index (χ4n) is 1.61. The molecule has 0 aliphatic carbocycles. The Balaban J connectivity index is 2.90. The molecule has 7 heteroatoms. The summed E-state index contributed by atoms with van der Waals surface area (Å²) in [6.45, 7) is 0. The molecule has 0 bridgehead atoms. The van der Waals surface area contributed by atoms with E-state index in [9.17, 15) is 14.4 Å². The largest absolute Gasteiger partial charge is 0.493 e. The lowest BCUT2D eigenvalue weighted by molar-refractivity contribution is 0.0659. The fraction of sp³-hybridized carbons (Fsp3) is 0.0833. The molecule has 2 rings (SSSR count). The van der Waals surface area contributed by atoms with Crippen LogP contribution < -0.4 is 10.2 Å². The Labute approximate surface area is 105 Å². The SMILES string of the molecule is COc1cc(C(=O)O)cc2c(=O)cc(C(=O)O)oc12. The van der Waals surface area contributed by atoms with E-state index in [4.69, 9.17) is 19.4 Å². The van der Waals surface area contributed by atoms with Gasteiger partial charge in [0, 0.05) is 6.07 Å². The molecule has 0 aliphatic rings. The molecule has 2 aromatic rings. The first-order chi connectivity index (χ1) is 8.93. The van der Waals surface area contributed by atoms with Crippen LogP contribution in [0.2, 0.25) is 0 Å². The van der Waals surface area contributed by atoms with Crippen LogP contribution in [0.25, 0.3) is 11.0 Å². The number of benzene rings is 1. The molecular weight excluding hydrogens is 256 g/mol. The molecule has 1 aromatic heterocycles. The minimum Gasteiger partial charge on any atom is -0.493 e. The van der Waals surface area contributed by atoms with Crippen LogP contribution >= 0.6 is 0 Å². The van der Waals surface area contributed by atoms with E-state index >= 15 is 0 Å². The van der Waals surface area contributed by atoms with Crippen LogP contribution in [0.3, 0.4) is 0 Å². The maximum atomic E-state index is 11.8. The number of carboxylic acid groups (broad SMARTS) is 2. The van der Waals surface area contributed by atoms with Crippen LogP contribution in [-0.4, -0.2) is 29.3 Å². The van der Waals surface area contributed by atoms with E-state index in [1.807, 2.05) is 0 Å². The Morgan fingerprint density at radius 3 is 2.37 bits per heavy atom. The Hall–Kier alpha value is -2.83. The average Bonchev–Trinajstić information content (AvgIpc) is 2.37. The zero-order valence-electron chi connectivity index (χ0n) is 9.67. The standard InChI is InChI=1S/C12H8O7/c1-18-8-3-5(11(14)15)2-6-7(13)4-9(12(16)17)19-10(6)8/h2-4H,1H3,(H,14,15)(H,16,17). The summed E-state index contributed by atoms with van der Waals surface area (Å²) < 4.78 is 9.96. The summed E-state index contributed by atoms with van der Waals surface area (Å²) in [6, 6.07) is 3.05. The minimum absolute atomic E-state index is 0.0184. The van der Waals surface area contributed by atoms with Gasteiger partial charge in [-0.05, 0) is 12.1 Å². The quantitative estimate of drug-likeness (QED) is 0.855. The number of fused-ring (bicyclic) bond motifs is 1. The topological polar surface area (TPSA) is 114 Å². The molecular formula is C12H8O7. The van der Waals surface area contributed by atoms with Crippen molar-refractivity contribution in [2.75, 3.05) is 7.11 Å². The smallest absolute Gasteiger partial charge is 0.371 e. The van der Waals surface area contributed by atoms with E-state index in [0.29, 0.717) is 0 Å². The van der Waals surface area contributed by atoms with Crippen molar-refractivity contribution >= 4 is 22.9 Å². The highest BCUT2D eigenvalue weighted by Gasteiger charge is 2.17. The second-order valence-corrected chi connectivity index (χ2v) is 3.64. The summed E-state index contributed by atoms with van der Waals surface area (Å²) in [7, 11) is 1.26. The van der Waals surface area contributed by atoms with Crippen molar-refractivity contribution in [3.63, 3.8) is 0 Å². The molecule has 7 nitrogen and oxygen atoms in total. The van der Waals surface area contributed by atoms with Crippen LogP contribution in [0.5, 0.6) is 5.75 Å². The number of ether oxygens (including phenoxy) is 1. The van der Waals surface area contributed by atoms with Crippen molar-refractivity contribution in [1.29, 1.82) is 0 Å². The molecule has 0 aliphatic heterocycles. The van der Waals surface area contributed by atoms with Gasteiger partial charge in [-0.1, -0.05) is 0 Å². The normalized spacial score (nSPS) is 10.4. The molecule has 19 heavy (non-hydrogen) atoms. The Bertz CT molecular complexity index is 742. The van der Waals surface area contributed by atoms with Gasteiger partial charge in [0.2, 0.25) is 5.76 Å². The van der Waals surface area contributed by atoms with Crippen molar-refractivity contribution in [1.82, 2.24) is 0 Å². The van der Waals surface area contributed by atoms with Gasteiger partial charge in [0.15, 0.2) is 16.8 Å². The van der Waals surface area contributed by atoms with E-state index < -0.39 is 23.1 Å². The van der Waals surface area contributed by atoms with Gasteiger partial charge >= 0.3 is 11.9 Å². The Morgan fingerprint density at radius 2 is 1.84 bits per heavy atom. The minimum atomic E-state index is -1.40. The van der Waals surface area contributed by atoms with Crippen molar-refractivity contribution in [2.45, 2.75) is 0 Å². The molecule has 98 valence electrons. The Morgan fingerprint density at radius 1 is 1.16 bits per heavy atom. The zero-order chi connectivity index (χ0) is 14.2. The van der Waals surface area contributed by atoms with Gasteiger partial charge in [-0.15, -0.1) is 0 Å². The van der Waals surface area contributed by atoms with Crippen molar-refractivity contribution in [3.8, 4) is 5.75 Å². The first-order valence-corrected chi connectivity index (χ1v) is 5.06. The Kier molecular flexibility index (Phi) is 2.95. The van der Waals surface area contributed by atoms with E-state index in [2.05, 4.69) is 0 Å². The predicted molar refractivity (Wildman–Crippen MR) is 63.0 cm³/mol. The lowest BCUT2D eigenvalue weighted by Crippen LogP contribution is -2.08. The highest BCUT2D eigenvalue weighted by molar-refractivity contribution is 5.96. The molecule has 0 saturated carbocycles. The summed E-state index contributed by atoms with van der Waals surface area (Å²) >= 11 is 0. The summed E-state index contributed by atoms with van der Waals surface area (Å²) in [4.78, 5) is 33.5. The molecule has 2 N–H and O–H groups in total. The van der Waals surface area contributed by atoms with E-state index in [1.165, 1.54) is 7.11 Å². The van der Waals surface area contributed by atoms with Gasteiger partial charge in [-0.25, -0.2) is 9.59 Å². The number of hydrogen-bond acceptors (Lipinski definition) is 5. The highest BCUT2D eigenvalue weighted by Crippen LogP contribution is 2.26. The van der Waals surface area contributed by atoms with E-state index in [1.54, 1.807) is 0 Å². The van der Waals surface area contributed by atoms with Crippen molar-refractivity contribution in [3.05, 3.63) is 39.7 Å². The molecule has 1 aromatic carbocycles. The highest BCUT2D eigenvalue weighted by atomic mass is 16.5. The molecule has 0 amide bonds. The van der Waals surface area contributed by atoms with Crippen LogP contribution in [0.1, 0.15) is 20.9 Å². The van der Waals surface area contributed by atoms with Gasteiger partial charge < -0.3 is 19.4 Å². The van der Waals surface area contributed by atoms with E-state index in [-0.39, 0.29) is 22.3 Å². The monoisotopic (exact) mass is 264 g/mol. The van der Waals surface area contributed by atoms with Crippen LogP contribution in [-0.2, 0) is 0 Å². The number of hydrogen-bond donors (Lipinski definition) is 2. The predicted octanol–water partition coefficient (Wildman–Crippen LogP) is 1.20. The first kappa shape index (κ1) is 12.6. The lowest BCUT2D eigenvalue weighted by Gasteiger charge is -2.06. The third-order valence-electron chi connectivity index (χ3n) is 2.47. The molecule has 0 radical (unpaired) electrons. The summed E-state index contributed by atoms with van der Waals surface area (Å²) in [5.41, 5.74) is -0.905. The summed E-state index contributed by atoms with van der Waals surface area (Å²) in [6.07, 6.45) is 0. The third-order valence-corrected chi connectivity index (χ3v) is 2.47. The first-order valence-electron chi connectivity index (χ1n) is 5.06. The van der Waals surface area contributed by atoms with Crippen molar-refractivity contribution < 1.29 is 29.0 Å². The zero-order valence-corrected chi connectivity index (χ0v) is 9.67. The van der Waals surface area contributed by atoms with Gasteiger partial charge in [0.05, 0.1) is 18.1 Å². The lowest BCUT2D eigenvalue weighted by atomic mass is 10.1. The van der Waals surface area contributed by atoms with Crippen molar-refractivity contribution in [2.24, 2.45) is 0 Å². The maximum Gasteiger partial charge on any atom is 0.371 e. The number of rotatable bonds is 3. The number of carbonyl (C=O) groups is 2. The molecule has 0 spiro atoms. The van der Waals surface area contributed by atoms with Gasteiger partial charge in [0.1, 0.15) is 0 Å². The molecule has 0 saturated heterocycles.